The molecule has 1 aliphatic carbocycles. The second kappa shape index (κ2) is 6.15. The average molecular weight is 264 g/mol. The monoisotopic (exact) mass is 264 g/mol. The van der Waals surface area contributed by atoms with E-state index < -0.39 is 0 Å². The van der Waals surface area contributed by atoms with Crippen LogP contribution in [0.5, 0.6) is 0 Å². The third-order valence-electron chi connectivity index (χ3n) is 3.80. The number of nitrogens with two attached hydrogens (primary N) is 1. The molecule has 1 aromatic carbocycles. The summed E-state index contributed by atoms with van der Waals surface area (Å²) in [6, 6.07) is 5.01. The van der Waals surface area contributed by atoms with Crippen LogP contribution in [0.3, 0.4) is 0 Å². The molecule has 0 unspecified atom stereocenters. The minimum Gasteiger partial charge on any atom is -0.336 e. The lowest BCUT2D eigenvalue weighted by Crippen LogP contribution is -2.45. The normalized spacial score (nSPS) is 15.1. The first-order valence-electron chi connectivity index (χ1n) is 6.90. The Morgan fingerprint density at radius 1 is 1.47 bits per heavy atom. The van der Waals surface area contributed by atoms with Crippen molar-refractivity contribution in [2.45, 2.75) is 38.6 Å². The minimum atomic E-state index is -0.321. The van der Waals surface area contributed by atoms with Gasteiger partial charge in [-0.15, -0.1) is 0 Å². The molecule has 1 fully saturated rings. The Labute approximate surface area is 113 Å². The number of hydrogen-bond donors (Lipinski definition) is 1. The number of benzene rings is 1. The zero-order valence-electron chi connectivity index (χ0n) is 11.4. The number of hydrogen-bond acceptors (Lipinski definition) is 2. The molecule has 1 aromatic rings. The molecule has 19 heavy (non-hydrogen) atoms. The smallest absolute Gasteiger partial charge is 0.254 e. The van der Waals surface area contributed by atoms with Gasteiger partial charge in [0.15, 0.2) is 0 Å². The minimum absolute atomic E-state index is 0.0722. The van der Waals surface area contributed by atoms with Crippen LogP contribution in [-0.2, 0) is 0 Å². The highest BCUT2D eigenvalue weighted by Crippen LogP contribution is 2.26. The van der Waals surface area contributed by atoms with Crippen LogP contribution in [0.1, 0.15) is 41.6 Å². The van der Waals surface area contributed by atoms with Gasteiger partial charge in [0.05, 0.1) is 0 Å². The molecule has 0 aromatic heterocycles. The van der Waals surface area contributed by atoms with Gasteiger partial charge in [-0.2, -0.15) is 0 Å². The van der Waals surface area contributed by atoms with Crippen LogP contribution >= 0.6 is 0 Å². The molecule has 2 N–H and O–H groups in total. The van der Waals surface area contributed by atoms with E-state index in [2.05, 4.69) is 0 Å². The quantitative estimate of drug-likeness (QED) is 0.888. The van der Waals surface area contributed by atoms with Crippen molar-refractivity contribution in [2.24, 2.45) is 5.73 Å². The highest BCUT2D eigenvalue weighted by Gasteiger charge is 2.29. The van der Waals surface area contributed by atoms with Crippen molar-refractivity contribution >= 4 is 5.91 Å². The topological polar surface area (TPSA) is 46.3 Å². The Bertz CT molecular complexity index is 457. The van der Waals surface area contributed by atoms with E-state index in [9.17, 15) is 9.18 Å². The number of rotatable bonds is 5. The van der Waals surface area contributed by atoms with Gasteiger partial charge in [0.25, 0.3) is 5.91 Å². The Kier molecular flexibility index (Phi) is 4.53. The van der Waals surface area contributed by atoms with Crippen LogP contribution < -0.4 is 5.73 Å². The van der Waals surface area contributed by atoms with Crippen LogP contribution in [0, 0.1) is 12.7 Å². The molecule has 0 atom stereocenters. The van der Waals surface area contributed by atoms with Crippen LogP contribution in [0.15, 0.2) is 18.2 Å². The van der Waals surface area contributed by atoms with Crippen molar-refractivity contribution in [3.63, 3.8) is 0 Å². The van der Waals surface area contributed by atoms with Crippen molar-refractivity contribution < 1.29 is 9.18 Å². The van der Waals surface area contributed by atoms with Gasteiger partial charge in [0.1, 0.15) is 5.82 Å². The van der Waals surface area contributed by atoms with Crippen LogP contribution in [0.2, 0.25) is 0 Å². The lowest BCUT2D eigenvalue weighted by molar-refractivity contribution is 0.0578. The molecule has 0 saturated heterocycles. The molecule has 1 saturated carbocycles. The number of amides is 1. The maximum Gasteiger partial charge on any atom is 0.254 e. The van der Waals surface area contributed by atoms with Crippen molar-refractivity contribution in [3.8, 4) is 0 Å². The van der Waals surface area contributed by atoms with E-state index in [1.165, 1.54) is 12.5 Å². The molecule has 4 heteroatoms. The molecule has 3 nitrogen and oxygen atoms in total. The van der Waals surface area contributed by atoms with E-state index in [-0.39, 0.29) is 11.7 Å². The summed E-state index contributed by atoms with van der Waals surface area (Å²) < 4.78 is 13.6. The lowest BCUT2D eigenvalue weighted by Gasteiger charge is -2.37. The molecular weight excluding hydrogens is 243 g/mol. The molecule has 0 spiro atoms. The Morgan fingerprint density at radius 2 is 2.21 bits per heavy atom. The van der Waals surface area contributed by atoms with E-state index in [4.69, 9.17) is 5.73 Å². The molecule has 0 heterocycles. The van der Waals surface area contributed by atoms with Crippen LogP contribution in [0.4, 0.5) is 4.39 Å². The number of aryl methyl sites for hydroxylation is 1. The predicted molar refractivity (Wildman–Crippen MR) is 73.5 cm³/mol. The molecule has 0 radical (unpaired) electrons. The molecule has 2 rings (SSSR count). The first kappa shape index (κ1) is 14.0. The van der Waals surface area contributed by atoms with E-state index in [0.29, 0.717) is 30.3 Å². The highest BCUT2D eigenvalue weighted by molar-refractivity contribution is 5.94. The summed E-state index contributed by atoms with van der Waals surface area (Å²) in [6.07, 6.45) is 4.05. The van der Waals surface area contributed by atoms with Crippen molar-refractivity contribution in [2.75, 3.05) is 13.1 Å². The zero-order chi connectivity index (χ0) is 13.8. The number of nitrogens with zero attached hydrogens (tertiary/aromatic N) is 1. The summed E-state index contributed by atoms with van der Waals surface area (Å²) in [5.41, 5.74) is 6.52. The van der Waals surface area contributed by atoms with Gasteiger partial charge in [-0.25, -0.2) is 4.39 Å². The zero-order valence-corrected chi connectivity index (χ0v) is 11.4. The summed E-state index contributed by atoms with van der Waals surface area (Å²) >= 11 is 0. The summed E-state index contributed by atoms with van der Waals surface area (Å²) in [7, 11) is 0. The van der Waals surface area contributed by atoms with Gasteiger partial charge in [0, 0.05) is 18.2 Å². The van der Waals surface area contributed by atoms with Gasteiger partial charge in [-0.3, -0.25) is 4.79 Å². The second-order valence-electron chi connectivity index (χ2n) is 5.19. The van der Waals surface area contributed by atoms with Crippen molar-refractivity contribution in [3.05, 3.63) is 35.1 Å². The standard InChI is InChI=1S/C15H21FN2O/c1-11-6-7-12(10-14(11)16)15(19)18(9-3-8-17)13-4-2-5-13/h6-7,10,13H,2-5,8-9,17H2,1H3. The maximum atomic E-state index is 13.6. The van der Waals surface area contributed by atoms with E-state index in [1.807, 2.05) is 4.90 Å². The molecular formula is C15H21FN2O. The van der Waals surface area contributed by atoms with Gasteiger partial charge >= 0.3 is 0 Å². The summed E-state index contributed by atoms with van der Waals surface area (Å²) in [5, 5.41) is 0. The number of carbonyl (C=O) groups is 1. The third kappa shape index (κ3) is 3.13. The second-order valence-corrected chi connectivity index (χ2v) is 5.19. The lowest BCUT2D eigenvalue weighted by atomic mass is 9.90. The first-order chi connectivity index (χ1) is 9.13. The highest BCUT2D eigenvalue weighted by atomic mass is 19.1. The van der Waals surface area contributed by atoms with Gasteiger partial charge in [-0.1, -0.05) is 6.07 Å². The first-order valence-corrected chi connectivity index (χ1v) is 6.90. The van der Waals surface area contributed by atoms with Crippen molar-refractivity contribution in [1.29, 1.82) is 0 Å². The summed E-state index contributed by atoms with van der Waals surface area (Å²) in [6.45, 7) is 2.93. The Balaban J connectivity index is 2.15. The Morgan fingerprint density at radius 3 is 2.74 bits per heavy atom. The fourth-order valence-electron chi connectivity index (χ4n) is 2.30. The van der Waals surface area contributed by atoms with E-state index in [0.717, 1.165) is 19.3 Å². The molecule has 0 aliphatic heterocycles. The largest absolute Gasteiger partial charge is 0.336 e. The van der Waals surface area contributed by atoms with Crippen LogP contribution in [0.25, 0.3) is 0 Å². The molecule has 1 amide bonds. The molecule has 0 bridgehead atoms. The SMILES string of the molecule is Cc1ccc(C(=O)N(CCCN)C2CCC2)cc1F. The fraction of sp³-hybridized carbons (Fsp3) is 0.533. The summed E-state index contributed by atoms with van der Waals surface area (Å²) in [4.78, 5) is 14.3. The van der Waals surface area contributed by atoms with Gasteiger partial charge in [-0.05, 0) is 56.8 Å². The van der Waals surface area contributed by atoms with Crippen molar-refractivity contribution in [1.82, 2.24) is 4.90 Å². The molecule has 1 aliphatic rings. The van der Waals surface area contributed by atoms with E-state index >= 15 is 0 Å². The third-order valence-corrected chi connectivity index (χ3v) is 3.80. The average Bonchev–Trinajstić information content (AvgIpc) is 2.34. The van der Waals surface area contributed by atoms with Crippen LogP contribution in [-0.4, -0.2) is 29.9 Å². The summed E-state index contributed by atoms with van der Waals surface area (Å²) in [5.74, 6) is -0.393. The Hall–Kier alpha value is -1.42. The van der Waals surface area contributed by atoms with E-state index in [1.54, 1.807) is 19.1 Å². The predicted octanol–water partition coefficient (Wildman–Crippen LogP) is 2.48. The molecule has 104 valence electrons. The van der Waals surface area contributed by atoms with Gasteiger partial charge < -0.3 is 10.6 Å². The van der Waals surface area contributed by atoms with Gasteiger partial charge in [0.2, 0.25) is 0 Å². The maximum absolute atomic E-state index is 13.6. The fourth-order valence-corrected chi connectivity index (χ4v) is 2.30. The number of halogens is 1. The number of carbonyl (C=O) groups excluding carboxylic acids is 1.